The summed E-state index contributed by atoms with van der Waals surface area (Å²) in [6, 6.07) is 13.8. The maximum atomic E-state index is 12.5. The smallest absolute Gasteiger partial charge is 0.247 e. The number of anilines is 2. The van der Waals surface area contributed by atoms with Crippen LogP contribution in [0.25, 0.3) is 0 Å². The summed E-state index contributed by atoms with van der Waals surface area (Å²) in [4.78, 5) is 38.0. The van der Waals surface area contributed by atoms with Crippen molar-refractivity contribution in [1.82, 2.24) is 0 Å². The first-order valence-corrected chi connectivity index (χ1v) is 9.95. The second kappa shape index (κ2) is 8.24. The van der Waals surface area contributed by atoms with Gasteiger partial charge in [-0.3, -0.25) is 14.4 Å². The van der Waals surface area contributed by atoms with Crippen molar-refractivity contribution in [3.63, 3.8) is 0 Å². The Morgan fingerprint density at radius 1 is 1.23 bits per heavy atom. The zero-order valence-corrected chi connectivity index (χ0v) is 16.6. The summed E-state index contributed by atoms with van der Waals surface area (Å²) in [5.74, 6) is -0.746. The van der Waals surface area contributed by atoms with Crippen LogP contribution in [0.15, 0.2) is 53.0 Å². The Balaban J connectivity index is 1.59. The Labute approximate surface area is 168 Å². The van der Waals surface area contributed by atoms with E-state index in [9.17, 15) is 14.4 Å². The van der Waals surface area contributed by atoms with E-state index in [1.54, 1.807) is 36.4 Å². The van der Waals surface area contributed by atoms with Crippen molar-refractivity contribution in [2.45, 2.75) is 11.7 Å². The summed E-state index contributed by atoms with van der Waals surface area (Å²) in [6.07, 6.45) is 0.0710. The maximum Gasteiger partial charge on any atom is 0.247 e. The molecule has 0 radical (unpaired) electrons. The molecular formula is C18H14BrClN2O3S. The lowest BCUT2D eigenvalue weighted by atomic mass is 10.3. The molecule has 2 aromatic rings. The van der Waals surface area contributed by atoms with Gasteiger partial charge >= 0.3 is 0 Å². The van der Waals surface area contributed by atoms with Crippen LogP contribution in [-0.2, 0) is 14.4 Å². The molecule has 1 heterocycles. The molecular weight excluding hydrogens is 440 g/mol. The summed E-state index contributed by atoms with van der Waals surface area (Å²) in [7, 11) is 0. The molecule has 8 heteroatoms. The minimum Gasteiger partial charge on any atom is -0.325 e. The number of hydrogen-bond acceptors (Lipinski definition) is 4. The van der Waals surface area contributed by atoms with E-state index in [4.69, 9.17) is 11.6 Å². The molecule has 134 valence electrons. The molecule has 1 atom stereocenters. The summed E-state index contributed by atoms with van der Waals surface area (Å²) in [6.45, 7) is 0. The molecule has 26 heavy (non-hydrogen) atoms. The zero-order valence-electron chi connectivity index (χ0n) is 13.4. The van der Waals surface area contributed by atoms with Crippen molar-refractivity contribution in [3.05, 3.63) is 58.0 Å². The highest BCUT2D eigenvalue weighted by Gasteiger charge is 2.40. The van der Waals surface area contributed by atoms with Gasteiger partial charge in [0.05, 0.1) is 16.7 Å². The number of nitrogens with zero attached hydrogens (tertiary/aromatic N) is 1. The van der Waals surface area contributed by atoms with Gasteiger partial charge in [0.2, 0.25) is 17.7 Å². The topological polar surface area (TPSA) is 66.5 Å². The molecule has 1 saturated heterocycles. The minimum absolute atomic E-state index is 0.0710. The third kappa shape index (κ3) is 4.47. The highest BCUT2D eigenvalue weighted by molar-refractivity contribution is 9.10. The second-order valence-corrected chi connectivity index (χ2v) is 8.15. The molecule has 0 spiro atoms. The number of benzene rings is 2. The fourth-order valence-corrected chi connectivity index (χ4v) is 3.91. The first-order valence-electron chi connectivity index (χ1n) is 7.73. The van der Waals surface area contributed by atoms with Crippen LogP contribution in [0, 0.1) is 0 Å². The standard InChI is InChI=1S/C18H14BrClN2O3S/c19-11-4-6-13(7-5-11)21-16(23)10-26-15-9-17(24)22(18(15)25)14-3-1-2-12(20)8-14/h1-8,15H,9-10H2,(H,21,23)/t15-/m1/s1. The van der Waals surface area contributed by atoms with E-state index in [2.05, 4.69) is 21.2 Å². The minimum atomic E-state index is -0.572. The first-order chi connectivity index (χ1) is 12.4. The highest BCUT2D eigenvalue weighted by atomic mass is 79.9. The lowest BCUT2D eigenvalue weighted by Crippen LogP contribution is -2.31. The summed E-state index contributed by atoms with van der Waals surface area (Å²) >= 11 is 10.4. The molecule has 1 aliphatic heterocycles. The van der Waals surface area contributed by atoms with Crippen molar-refractivity contribution < 1.29 is 14.4 Å². The van der Waals surface area contributed by atoms with Crippen LogP contribution < -0.4 is 10.2 Å². The molecule has 2 aromatic carbocycles. The van der Waals surface area contributed by atoms with Crippen LogP contribution in [-0.4, -0.2) is 28.7 Å². The van der Waals surface area contributed by atoms with Gasteiger partial charge in [-0.25, -0.2) is 4.90 Å². The van der Waals surface area contributed by atoms with Gasteiger partial charge in [-0.05, 0) is 42.5 Å². The maximum absolute atomic E-state index is 12.5. The third-order valence-electron chi connectivity index (χ3n) is 3.72. The summed E-state index contributed by atoms with van der Waals surface area (Å²) in [5.41, 5.74) is 1.13. The largest absolute Gasteiger partial charge is 0.325 e. The lowest BCUT2D eigenvalue weighted by Gasteiger charge is -2.15. The van der Waals surface area contributed by atoms with Gasteiger partial charge in [-0.15, -0.1) is 11.8 Å². The molecule has 0 aliphatic carbocycles. The molecule has 1 aliphatic rings. The predicted molar refractivity (Wildman–Crippen MR) is 108 cm³/mol. The summed E-state index contributed by atoms with van der Waals surface area (Å²) in [5, 5.41) is 2.64. The molecule has 1 fully saturated rings. The number of rotatable bonds is 5. The Morgan fingerprint density at radius 2 is 1.96 bits per heavy atom. The van der Waals surface area contributed by atoms with E-state index >= 15 is 0 Å². The molecule has 0 unspecified atom stereocenters. The van der Waals surface area contributed by atoms with Gasteiger partial charge in [0.25, 0.3) is 0 Å². The van der Waals surface area contributed by atoms with Crippen molar-refractivity contribution in [2.75, 3.05) is 16.0 Å². The number of carbonyl (C=O) groups is 3. The monoisotopic (exact) mass is 452 g/mol. The van der Waals surface area contributed by atoms with Crippen LogP contribution in [0.2, 0.25) is 5.02 Å². The lowest BCUT2D eigenvalue weighted by molar-refractivity contribution is -0.121. The van der Waals surface area contributed by atoms with E-state index < -0.39 is 5.25 Å². The van der Waals surface area contributed by atoms with Gasteiger partial charge < -0.3 is 5.32 Å². The van der Waals surface area contributed by atoms with Crippen LogP contribution in [0.1, 0.15) is 6.42 Å². The Kier molecular flexibility index (Phi) is 6.01. The van der Waals surface area contributed by atoms with Crippen molar-refractivity contribution in [2.24, 2.45) is 0 Å². The van der Waals surface area contributed by atoms with Gasteiger partial charge in [0.1, 0.15) is 0 Å². The van der Waals surface area contributed by atoms with Gasteiger partial charge in [0.15, 0.2) is 0 Å². The molecule has 0 aromatic heterocycles. The number of thioether (sulfide) groups is 1. The number of hydrogen-bond donors (Lipinski definition) is 1. The number of amides is 3. The average Bonchev–Trinajstić information content (AvgIpc) is 2.89. The predicted octanol–water partition coefficient (Wildman–Crippen LogP) is 4.11. The Bertz CT molecular complexity index is 860. The molecule has 5 nitrogen and oxygen atoms in total. The third-order valence-corrected chi connectivity index (χ3v) is 5.68. The highest BCUT2D eigenvalue weighted by Crippen LogP contribution is 2.30. The average molecular weight is 454 g/mol. The number of carbonyl (C=O) groups excluding carboxylic acids is 3. The first kappa shape index (κ1) is 18.9. The molecule has 0 saturated carbocycles. The fraction of sp³-hybridized carbons (Fsp3) is 0.167. The Hall–Kier alpha value is -1.83. The van der Waals surface area contributed by atoms with E-state index in [1.807, 2.05) is 12.1 Å². The van der Waals surface area contributed by atoms with Gasteiger partial charge in [-0.1, -0.05) is 33.6 Å². The Morgan fingerprint density at radius 3 is 2.65 bits per heavy atom. The van der Waals surface area contributed by atoms with E-state index in [-0.39, 0.29) is 29.9 Å². The number of imide groups is 1. The van der Waals surface area contributed by atoms with Crippen molar-refractivity contribution in [3.8, 4) is 0 Å². The van der Waals surface area contributed by atoms with Gasteiger partial charge in [0, 0.05) is 21.6 Å². The van der Waals surface area contributed by atoms with E-state index in [0.717, 1.165) is 21.1 Å². The van der Waals surface area contributed by atoms with Gasteiger partial charge in [-0.2, -0.15) is 0 Å². The number of nitrogens with one attached hydrogen (secondary N) is 1. The van der Waals surface area contributed by atoms with E-state index in [1.165, 1.54) is 0 Å². The molecule has 1 N–H and O–H groups in total. The normalized spacial score (nSPS) is 16.8. The molecule has 0 bridgehead atoms. The zero-order chi connectivity index (χ0) is 18.7. The number of halogens is 2. The molecule has 3 rings (SSSR count). The fourth-order valence-electron chi connectivity index (χ4n) is 2.53. The van der Waals surface area contributed by atoms with Crippen LogP contribution in [0.4, 0.5) is 11.4 Å². The second-order valence-electron chi connectivity index (χ2n) is 5.61. The SMILES string of the molecule is O=C(CS[C@@H]1CC(=O)N(c2cccc(Cl)c2)C1=O)Nc1ccc(Br)cc1. The molecule has 3 amide bonds. The van der Waals surface area contributed by atoms with Crippen LogP contribution >= 0.6 is 39.3 Å². The van der Waals surface area contributed by atoms with E-state index in [0.29, 0.717) is 16.4 Å². The van der Waals surface area contributed by atoms with Crippen molar-refractivity contribution >= 4 is 68.4 Å². The quantitative estimate of drug-likeness (QED) is 0.692. The van der Waals surface area contributed by atoms with Crippen LogP contribution in [0.5, 0.6) is 0 Å². The summed E-state index contributed by atoms with van der Waals surface area (Å²) < 4.78 is 0.918. The van der Waals surface area contributed by atoms with Crippen molar-refractivity contribution in [1.29, 1.82) is 0 Å². The van der Waals surface area contributed by atoms with Crippen LogP contribution in [0.3, 0.4) is 0 Å².